The summed E-state index contributed by atoms with van der Waals surface area (Å²) >= 11 is 0. The first-order chi connectivity index (χ1) is 24.8. The monoisotopic (exact) mass is 704 g/mol. The number of anilines is 2. The van der Waals surface area contributed by atoms with Gasteiger partial charge in [-0.05, 0) is 63.1 Å². The van der Waals surface area contributed by atoms with Crippen LogP contribution < -0.4 is 9.80 Å². The van der Waals surface area contributed by atoms with E-state index in [1.165, 1.54) is 11.0 Å². The molecule has 0 N–H and O–H groups in total. The molecule has 0 aliphatic carbocycles. The summed E-state index contributed by atoms with van der Waals surface area (Å²) < 4.78 is 33.4. The number of halogens is 1. The number of esters is 1. The van der Waals surface area contributed by atoms with Crippen molar-refractivity contribution >= 4 is 41.0 Å². The highest BCUT2D eigenvalue weighted by molar-refractivity contribution is 6.25. The van der Waals surface area contributed by atoms with E-state index in [9.17, 15) is 9.59 Å². The van der Waals surface area contributed by atoms with Crippen molar-refractivity contribution in [3.05, 3.63) is 131 Å². The Labute approximate surface area is 300 Å². The van der Waals surface area contributed by atoms with Crippen molar-refractivity contribution in [3.63, 3.8) is 0 Å². The molecule has 4 aromatic carbocycles. The zero-order valence-corrected chi connectivity index (χ0v) is 29.1. The van der Waals surface area contributed by atoms with Gasteiger partial charge in [0.15, 0.2) is 11.4 Å². The Morgan fingerprint density at radius 1 is 0.827 bits per heavy atom. The predicted molar refractivity (Wildman–Crippen MR) is 188 cm³/mol. The average molecular weight is 705 g/mol. The second-order valence-corrected chi connectivity index (χ2v) is 14.1. The topological polar surface area (TPSA) is 120 Å². The van der Waals surface area contributed by atoms with Gasteiger partial charge in [0.25, 0.3) is 11.8 Å². The molecule has 1 fully saturated rings. The minimum Gasteiger partial charge on any atom is -0.466 e. The van der Waals surface area contributed by atoms with E-state index in [2.05, 4.69) is 0 Å². The largest absolute Gasteiger partial charge is 0.466 e. The number of carbonyl (C=O) groups excluding carboxylic acids is 5. The summed E-state index contributed by atoms with van der Waals surface area (Å²) in [7, 11) is 0. The lowest BCUT2D eigenvalue weighted by molar-refractivity contribution is -0.154. The summed E-state index contributed by atoms with van der Waals surface area (Å²) in [5, 5.41) is 0. The van der Waals surface area contributed by atoms with Crippen LogP contribution in [-0.2, 0) is 46.2 Å². The van der Waals surface area contributed by atoms with E-state index < -0.39 is 70.5 Å². The van der Waals surface area contributed by atoms with Crippen molar-refractivity contribution in [3.8, 4) is 0 Å². The Kier molecular flexibility index (Phi) is 8.57. The molecule has 4 atom stereocenters. The molecule has 0 aromatic heterocycles. The van der Waals surface area contributed by atoms with E-state index in [4.69, 9.17) is 14.2 Å². The number of carbonyl (C=O) groups is 5. The zero-order chi connectivity index (χ0) is 37.0. The van der Waals surface area contributed by atoms with E-state index >= 15 is 18.8 Å². The highest BCUT2D eigenvalue weighted by atomic mass is 19.1. The van der Waals surface area contributed by atoms with Crippen LogP contribution in [0.4, 0.5) is 20.6 Å². The Bertz CT molecular complexity index is 2100. The van der Waals surface area contributed by atoms with Crippen molar-refractivity contribution < 1.29 is 42.6 Å². The van der Waals surface area contributed by atoms with Gasteiger partial charge < -0.3 is 19.1 Å². The van der Waals surface area contributed by atoms with Crippen molar-refractivity contribution in [2.24, 2.45) is 5.92 Å². The van der Waals surface area contributed by atoms with Crippen LogP contribution >= 0.6 is 0 Å². The summed E-state index contributed by atoms with van der Waals surface area (Å²) in [6.45, 7) is 6.57. The molecule has 3 aliphatic heterocycles. The van der Waals surface area contributed by atoms with E-state index in [1.54, 1.807) is 82.3 Å². The fourth-order valence-electron chi connectivity index (χ4n) is 7.91. The van der Waals surface area contributed by atoms with Gasteiger partial charge in [0.05, 0.1) is 43.0 Å². The molecule has 3 amide bonds. The minimum atomic E-state index is -2.29. The Balaban J connectivity index is 1.54. The number of ketones is 1. The van der Waals surface area contributed by atoms with Crippen molar-refractivity contribution in [1.82, 2.24) is 0 Å². The summed E-state index contributed by atoms with van der Waals surface area (Å²) in [4.78, 5) is 75.8. The summed E-state index contributed by atoms with van der Waals surface area (Å²) in [5.41, 5.74) is -4.05. The molecule has 4 aromatic rings. The highest BCUT2D eigenvalue weighted by Crippen LogP contribution is 2.65. The Morgan fingerprint density at radius 2 is 1.48 bits per heavy atom. The van der Waals surface area contributed by atoms with Gasteiger partial charge in [0, 0.05) is 11.1 Å². The number of fused-ring (bicyclic) bond motifs is 4. The van der Waals surface area contributed by atoms with Crippen LogP contribution in [0.2, 0.25) is 0 Å². The standard InChI is InChI=1S/C41H37FN2O8/c1-5-50-33(45)23-32-40(29-22-27(42)20-21-31(29)44(36(40)47)38(49)52-39(2,3)4)35(34(46)26-16-10-7-11-17-26)41(51-32)28-18-12-13-19-30(28)43(37(41)48)24-25-14-8-6-9-15-25/h6-22,32,35H,5,23-24H2,1-4H3/t32-,35-,40-,41+/m0/s1. The molecular weight excluding hydrogens is 667 g/mol. The maximum atomic E-state index is 15.5. The maximum Gasteiger partial charge on any atom is 0.421 e. The molecule has 266 valence electrons. The molecule has 3 aliphatic rings. The van der Waals surface area contributed by atoms with Gasteiger partial charge in [0.2, 0.25) is 0 Å². The van der Waals surface area contributed by atoms with Crippen LogP contribution in [0.25, 0.3) is 0 Å². The molecular formula is C41H37FN2O8. The van der Waals surface area contributed by atoms with Crippen molar-refractivity contribution in [2.45, 2.75) is 63.4 Å². The van der Waals surface area contributed by atoms with Crippen LogP contribution in [0.5, 0.6) is 0 Å². The van der Waals surface area contributed by atoms with E-state index in [0.717, 1.165) is 22.6 Å². The number of benzene rings is 4. The first-order valence-electron chi connectivity index (χ1n) is 17.1. The van der Waals surface area contributed by atoms with Gasteiger partial charge >= 0.3 is 12.1 Å². The van der Waals surface area contributed by atoms with Gasteiger partial charge in [-0.25, -0.2) is 14.1 Å². The van der Waals surface area contributed by atoms with Crippen molar-refractivity contribution in [1.29, 1.82) is 0 Å². The van der Waals surface area contributed by atoms with Crippen molar-refractivity contribution in [2.75, 3.05) is 16.4 Å². The lowest BCUT2D eigenvalue weighted by Crippen LogP contribution is -2.57. The number of hydrogen-bond donors (Lipinski definition) is 0. The number of nitrogens with zero attached hydrogens (tertiary/aromatic N) is 2. The SMILES string of the molecule is CCOC(=O)C[C@@H]1O[C@@]2(C(=O)N(Cc3ccccc3)c3ccccc32)[C@@H](C(=O)c2ccccc2)[C@@]12C(=O)N(C(=O)OC(C)(C)C)c1ccc(F)cc12. The lowest BCUT2D eigenvalue weighted by Gasteiger charge is -2.35. The van der Waals surface area contributed by atoms with E-state index in [-0.39, 0.29) is 35.5 Å². The first-order valence-corrected chi connectivity index (χ1v) is 17.1. The molecule has 2 spiro atoms. The van der Waals surface area contributed by atoms with Crippen LogP contribution in [0.15, 0.2) is 103 Å². The third-order valence-electron chi connectivity index (χ3n) is 9.80. The molecule has 0 radical (unpaired) electrons. The van der Waals surface area contributed by atoms with Gasteiger partial charge in [0.1, 0.15) is 16.8 Å². The zero-order valence-electron chi connectivity index (χ0n) is 29.1. The smallest absolute Gasteiger partial charge is 0.421 e. The molecule has 10 nitrogen and oxygen atoms in total. The van der Waals surface area contributed by atoms with Gasteiger partial charge in [-0.2, -0.15) is 0 Å². The average Bonchev–Trinajstić information content (AvgIpc) is 3.64. The van der Waals surface area contributed by atoms with Crippen LogP contribution in [0.3, 0.4) is 0 Å². The number of para-hydroxylation sites is 1. The highest BCUT2D eigenvalue weighted by Gasteiger charge is 2.79. The molecule has 0 bridgehead atoms. The molecule has 0 saturated carbocycles. The number of rotatable bonds is 7. The fraction of sp³-hybridized carbons (Fsp3) is 0.293. The van der Waals surface area contributed by atoms with Gasteiger partial charge in [-0.3, -0.25) is 19.2 Å². The van der Waals surface area contributed by atoms with Crippen LogP contribution in [-0.4, -0.2) is 48.0 Å². The number of hydrogen-bond acceptors (Lipinski definition) is 8. The van der Waals surface area contributed by atoms with Gasteiger partial charge in [-0.1, -0.05) is 78.9 Å². The third kappa shape index (κ3) is 5.30. The van der Waals surface area contributed by atoms with E-state index in [0.29, 0.717) is 5.69 Å². The molecule has 52 heavy (non-hydrogen) atoms. The van der Waals surface area contributed by atoms with Crippen LogP contribution in [0.1, 0.15) is 61.2 Å². The normalized spacial score (nSPS) is 23.2. The molecule has 7 rings (SSSR count). The number of amides is 3. The van der Waals surface area contributed by atoms with Gasteiger partial charge in [-0.15, -0.1) is 0 Å². The van der Waals surface area contributed by atoms with E-state index in [1.807, 2.05) is 30.3 Å². The third-order valence-corrected chi connectivity index (χ3v) is 9.80. The summed E-state index contributed by atoms with van der Waals surface area (Å²) in [5.74, 6) is -5.62. The molecule has 1 saturated heterocycles. The lowest BCUT2D eigenvalue weighted by atomic mass is 9.60. The molecule has 0 unspecified atom stereocenters. The second-order valence-electron chi connectivity index (χ2n) is 14.1. The molecule has 3 heterocycles. The number of imide groups is 1. The Hall–Kier alpha value is -5.68. The minimum absolute atomic E-state index is 0.00805. The summed E-state index contributed by atoms with van der Waals surface area (Å²) in [6.07, 6.45) is -3.27. The number of Topliss-reactive ketones (excluding diaryl/α,β-unsaturated/α-hetero) is 1. The fourth-order valence-corrected chi connectivity index (χ4v) is 7.91. The quantitative estimate of drug-likeness (QED) is 0.155. The first kappa shape index (κ1) is 34.8. The second kappa shape index (κ2) is 12.8. The number of ether oxygens (including phenoxy) is 3. The van der Waals surface area contributed by atoms with Crippen LogP contribution in [0, 0.1) is 11.7 Å². The summed E-state index contributed by atoms with van der Waals surface area (Å²) in [6, 6.07) is 27.5. The maximum absolute atomic E-state index is 15.5. The Morgan fingerprint density at radius 3 is 2.15 bits per heavy atom. The predicted octanol–water partition coefficient (Wildman–Crippen LogP) is 6.64. The molecule has 11 heteroatoms.